The summed E-state index contributed by atoms with van der Waals surface area (Å²) in [4.78, 5) is 11.9. The summed E-state index contributed by atoms with van der Waals surface area (Å²) in [6.07, 6.45) is 0. The number of esters is 1. The minimum atomic E-state index is -0.664. The van der Waals surface area contributed by atoms with Gasteiger partial charge in [0, 0.05) is 17.2 Å². The van der Waals surface area contributed by atoms with Crippen LogP contribution < -0.4 is 4.74 Å². The zero-order valence-corrected chi connectivity index (χ0v) is 13.8. The Hall–Kier alpha value is -3.29. The fraction of sp³-hybridized carbons (Fsp3) is 0.167. The van der Waals surface area contributed by atoms with Crippen molar-refractivity contribution in [2.24, 2.45) is 0 Å². The zero-order chi connectivity index (χ0) is 18.5. The van der Waals surface area contributed by atoms with Crippen LogP contribution in [0.15, 0.2) is 42.5 Å². The van der Waals surface area contributed by atoms with Gasteiger partial charge < -0.3 is 9.47 Å². The summed E-state index contributed by atoms with van der Waals surface area (Å²) in [5, 5.41) is 10.2. The van der Waals surface area contributed by atoms with Gasteiger partial charge >= 0.3 is 5.97 Å². The number of nitrogens with zero attached hydrogens (tertiary/aromatic N) is 2. The van der Waals surface area contributed by atoms with Crippen LogP contribution in [0.3, 0.4) is 0 Å². The Kier molecular flexibility index (Phi) is 5.21. The van der Waals surface area contributed by atoms with Crippen LogP contribution >= 0.6 is 0 Å². The molecule has 0 aliphatic rings. The minimum absolute atomic E-state index is 0.0382. The second-order valence-electron chi connectivity index (χ2n) is 5.29. The highest BCUT2D eigenvalue weighted by atomic mass is 19.1. The van der Waals surface area contributed by atoms with Gasteiger partial charge in [0.25, 0.3) is 0 Å². The van der Waals surface area contributed by atoms with Crippen molar-refractivity contribution in [1.82, 2.24) is 15.4 Å². The Morgan fingerprint density at radius 2 is 1.88 bits per heavy atom. The number of halogens is 2. The van der Waals surface area contributed by atoms with Crippen molar-refractivity contribution in [2.45, 2.75) is 13.5 Å². The maximum atomic E-state index is 13.6. The van der Waals surface area contributed by atoms with Crippen molar-refractivity contribution in [3.8, 4) is 17.0 Å². The first-order valence-corrected chi connectivity index (χ1v) is 7.83. The summed E-state index contributed by atoms with van der Waals surface area (Å²) < 4.78 is 36.9. The lowest BCUT2D eigenvalue weighted by Gasteiger charge is -2.08. The molecular weight excluding hydrogens is 344 g/mol. The lowest BCUT2D eigenvalue weighted by atomic mass is 10.1. The molecule has 0 amide bonds. The molecule has 0 radical (unpaired) electrons. The molecule has 3 aromatic rings. The second-order valence-corrected chi connectivity index (χ2v) is 5.29. The van der Waals surface area contributed by atoms with E-state index in [4.69, 9.17) is 9.47 Å². The fourth-order valence-corrected chi connectivity index (χ4v) is 2.28. The number of aromatic nitrogens is 3. The summed E-state index contributed by atoms with van der Waals surface area (Å²) in [5.41, 5.74) is 1.34. The largest absolute Gasteiger partial charge is 0.489 e. The molecule has 0 saturated heterocycles. The SMILES string of the molecule is CCOC(=O)c1n[nH]nc1-c1ccc(OCc2ccc(F)cc2F)cc1. The number of hydrogen-bond donors (Lipinski definition) is 1. The number of rotatable bonds is 6. The van der Waals surface area contributed by atoms with Crippen molar-refractivity contribution in [3.05, 3.63) is 65.4 Å². The van der Waals surface area contributed by atoms with E-state index in [2.05, 4.69) is 15.4 Å². The molecule has 0 fully saturated rings. The highest BCUT2D eigenvalue weighted by Gasteiger charge is 2.19. The number of carbonyl (C=O) groups is 1. The number of nitrogens with one attached hydrogen (secondary N) is 1. The Bertz CT molecular complexity index is 910. The fourth-order valence-electron chi connectivity index (χ4n) is 2.28. The van der Waals surface area contributed by atoms with E-state index in [1.54, 1.807) is 31.2 Å². The summed E-state index contributed by atoms with van der Waals surface area (Å²) in [6, 6.07) is 10.0. The first-order valence-electron chi connectivity index (χ1n) is 7.83. The van der Waals surface area contributed by atoms with Gasteiger partial charge in [0.15, 0.2) is 5.69 Å². The van der Waals surface area contributed by atoms with Crippen LogP contribution in [0.25, 0.3) is 11.3 Å². The molecule has 0 saturated carbocycles. The van der Waals surface area contributed by atoms with Gasteiger partial charge in [0.1, 0.15) is 29.7 Å². The monoisotopic (exact) mass is 359 g/mol. The highest BCUT2D eigenvalue weighted by molar-refractivity contribution is 5.93. The van der Waals surface area contributed by atoms with E-state index >= 15 is 0 Å². The lowest BCUT2D eigenvalue weighted by molar-refractivity contribution is 0.0520. The number of aromatic amines is 1. The summed E-state index contributed by atoms with van der Waals surface area (Å²) in [7, 11) is 0. The average Bonchev–Trinajstić information content (AvgIpc) is 3.11. The third kappa shape index (κ3) is 3.85. The van der Waals surface area contributed by atoms with Crippen molar-refractivity contribution in [1.29, 1.82) is 0 Å². The molecule has 8 heteroatoms. The Morgan fingerprint density at radius 3 is 2.58 bits per heavy atom. The van der Waals surface area contributed by atoms with Crippen molar-refractivity contribution < 1.29 is 23.0 Å². The number of ether oxygens (including phenoxy) is 2. The first kappa shape index (κ1) is 17.5. The van der Waals surface area contributed by atoms with Gasteiger partial charge in [-0.15, -0.1) is 5.10 Å². The molecule has 1 aromatic heterocycles. The highest BCUT2D eigenvalue weighted by Crippen LogP contribution is 2.24. The standard InChI is InChI=1S/C18H15F2N3O3/c1-2-25-18(24)17-16(21-23-22-17)11-4-7-14(8-5-11)26-10-12-3-6-13(19)9-15(12)20/h3-9H,2,10H2,1H3,(H,21,22,23). The summed E-state index contributed by atoms with van der Waals surface area (Å²) in [5.74, 6) is -1.38. The normalized spacial score (nSPS) is 10.6. The quantitative estimate of drug-likeness (QED) is 0.682. The van der Waals surface area contributed by atoms with E-state index in [-0.39, 0.29) is 24.5 Å². The Balaban J connectivity index is 1.71. The second kappa shape index (κ2) is 7.73. The van der Waals surface area contributed by atoms with Crippen LogP contribution in [0.2, 0.25) is 0 Å². The predicted molar refractivity (Wildman–Crippen MR) is 88.5 cm³/mol. The van der Waals surface area contributed by atoms with E-state index in [0.29, 0.717) is 17.0 Å². The van der Waals surface area contributed by atoms with E-state index in [0.717, 1.165) is 6.07 Å². The van der Waals surface area contributed by atoms with Gasteiger partial charge in [-0.25, -0.2) is 13.6 Å². The smallest absolute Gasteiger partial charge is 0.361 e. The molecule has 6 nitrogen and oxygen atoms in total. The van der Waals surface area contributed by atoms with Gasteiger partial charge in [-0.1, -0.05) is 0 Å². The van der Waals surface area contributed by atoms with Gasteiger partial charge in [-0.3, -0.25) is 0 Å². The van der Waals surface area contributed by atoms with Crippen molar-refractivity contribution >= 4 is 5.97 Å². The molecule has 0 bridgehead atoms. The maximum Gasteiger partial charge on any atom is 0.361 e. The molecule has 0 unspecified atom stereocenters. The number of benzene rings is 2. The van der Waals surface area contributed by atoms with Gasteiger partial charge in [0.2, 0.25) is 0 Å². The van der Waals surface area contributed by atoms with Crippen LogP contribution in [0.1, 0.15) is 23.0 Å². The van der Waals surface area contributed by atoms with Crippen LogP contribution in [-0.4, -0.2) is 28.0 Å². The number of hydrogen-bond acceptors (Lipinski definition) is 5. The average molecular weight is 359 g/mol. The van der Waals surface area contributed by atoms with E-state index in [9.17, 15) is 13.6 Å². The predicted octanol–water partition coefficient (Wildman–Crippen LogP) is 3.51. The molecule has 26 heavy (non-hydrogen) atoms. The third-order valence-electron chi connectivity index (χ3n) is 3.55. The lowest BCUT2D eigenvalue weighted by Crippen LogP contribution is -2.06. The Labute approximate surface area is 147 Å². The van der Waals surface area contributed by atoms with Crippen LogP contribution in [0, 0.1) is 11.6 Å². The first-order chi connectivity index (χ1) is 12.6. The molecule has 0 atom stereocenters. The Morgan fingerprint density at radius 1 is 1.12 bits per heavy atom. The van der Waals surface area contributed by atoms with Crippen LogP contribution in [0.4, 0.5) is 8.78 Å². The molecule has 0 aliphatic carbocycles. The molecule has 134 valence electrons. The van der Waals surface area contributed by atoms with Crippen molar-refractivity contribution in [2.75, 3.05) is 6.61 Å². The molecule has 1 N–H and O–H groups in total. The maximum absolute atomic E-state index is 13.6. The summed E-state index contributed by atoms with van der Waals surface area (Å²) in [6.45, 7) is 1.90. The van der Waals surface area contributed by atoms with E-state index in [1.807, 2.05) is 0 Å². The zero-order valence-electron chi connectivity index (χ0n) is 13.8. The van der Waals surface area contributed by atoms with Gasteiger partial charge in [-0.2, -0.15) is 10.3 Å². The molecule has 1 heterocycles. The molecule has 3 rings (SSSR count). The molecule has 0 aliphatic heterocycles. The van der Waals surface area contributed by atoms with Crippen molar-refractivity contribution in [3.63, 3.8) is 0 Å². The summed E-state index contributed by atoms with van der Waals surface area (Å²) >= 11 is 0. The third-order valence-corrected chi connectivity index (χ3v) is 3.55. The van der Waals surface area contributed by atoms with Gasteiger partial charge in [0.05, 0.1) is 6.61 Å². The van der Waals surface area contributed by atoms with E-state index < -0.39 is 17.6 Å². The van der Waals surface area contributed by atoms with E-state index in [1.165, 1.54) is 12.1 Å². The molecular formula is C18H15F2N3O3. The number of carbonyl (C=O) groups excluding carboxylic acids is 1. The molecule has 2 aromatic carbocycles. The minimum Gasteiger partial charge on any atom is -0.489 e. The van der Waals surface area contributed by atoms with Crippen LogP contribution in [-0.2, 0) is 11.3 Å². The molecule has 0 spiro atoms. The topological polar surface area (TPSA) is 77.1 Å². The van der Waals surface area contributed by atoms with Crippen LogP contribution in [0.5, 0.6) is 5.75 Å². The number of H-pyrrole nitrogens is 1. The van der Waals surface area contributed by atoms with Gasteiger partial charge in [-0.05, 0) is 43.3 Å².